The lowest BCUT2D eigenvalue weighted by Gasteiger charge is -2.09. The van der Waals surface area contributed by atoms with E-state index >= 15 is 0 Å². The fourth-order valence-corrected chi connectivity index (χ4v) is 3.03. The van der Waals surface area contributed by atoms with Gasteiger partial charge in [-0.25, -0.2) is 0 Å². The van der Waals surface area contributed by atoms with Crippen LogP contribution in [0.25, 0.3) is 11.0 Å². The van der Waals surface area contributed by atoms with Crippen LogP contribution in [-0.2, 0) is 6.61 Å². The minimum atomic E-state index is -0.215. The molecule has 0 aliphatic rings. The van der Waals surface area contributed by atoms with E-state index in [-0.39, 0.29) is 11.2 Å². The largest absolute Gasteiger partial charge is 0.489 e. The van der Waals surface area contributed by atoms with Crippen LogP contribution in [0, 0.1) is 13.8 Å². The van der Waals surface area contributed by atoms with Crippen LogP contribution in [-0.4, -0.2) is 0 Å². The molecular formula is C24H20O4. The molecule has 0 saturated carbocycles. The van der Waals surface area contributed by atoms with Gasteiger partial charge in [0.2, 0.25) is 11.2 Å². The summed E-state index contributed by atoms with van der Waals surface area (Å²) in [6.07, 6.45) is 1.34. The molecule has 4 heteroatoms. The van der Waals surface area contributed by atoms with Crippen LogP contribution >= 0.6 is 0 Å². The number of rotatable bonds is 5. The Morgan fingerprint density at radius 3 is 2.43 bits per heavy atom. The lowest BCUT2D eigenvalue weighted by atomic mass is 10.1. The van der Waals surface area contributed by atoms with E-state index in [4.69, 9.17) is 13.9 Å². The van der Waals surface area contributed by atoms with Crippen LogP contribution in [0.15, 0.2) is 82.2 Å². The van der Waals surface area contributed by atoms with E-state index in [2.05, 4.69) is 6.07 Å². The van der Waals surface area contributed by atoms with Crippen molar-refractivity contribution in [1.82, 2.24) is 0 Å². The van der Waals surface area contributed by atoms with Gasteiger partial charge in [-0.15, -0.1) is 0 Å². The summed E-state index contributed by atoms with van der Waals surface area (Å²) in [5, 5.41) is 0.452. The third-order valence-electron chi connectivity index (χ3n) is 4.42. The molecule has 0 unspecified atom stereocenters. The quantitative estimate of drug-likeness (QED) is 0.445. The van der Waals surface area contributed by atoms with Gasteiger partial charge in [-0.1, -0.05) is 42.0 Å². The monoisotopic (exact) mass is 372 g/mol. The van der Waals surface area contributed by atoms with E-state index in [0.717, 1.165) is 11.1 Å². The van der Waals surface area contributed by atoms with Crippen molar-refractivity contribution < 1.29 is 13.9 Å². The summed E-state index contributed by atoms with van der Waals surface area (Å²) >= 11 is 0. The molecule has 1 aromatic heterocycles. The van der Waals surface area contributed by atoms with Gasteiger partial charge in [0.15, 0.2) is 0 Å². The molecule has 0 aliphatic heterocycles. The molecule has 28 heavy (non-hydrogen) atoms. The normalized spacial score (nSPS) is 10.8. The van der Waals surface area contributed by atoms with E-state index in [1.54, 1.807) is 24.3 Å². The van der Waals surface area contributed by atoms with Crippen LogP contribution in [0.5, 0.6) is 17.2 Å². The lowest BCUT2D eigenvalue weighted by Crippen LogP contribution is -2.05. The van der Waals surface area contributed by atoms with Crippen LogP contribution in [0.2, 0.25) is 0 Å². The Bertz CT molecular complexity index is 1190. The molecule has 0 atom stereocenters. The lowest BCUT2D eigenvalue weighted by molar-refractivity contribution is 0.306. The molecule has 4 rings (SSSR count). The third kappa shape index (κ3) is 3.91. The number of hydrogen-bond acceptors (Lipinski definition) is 4. The van der Waals surface area contributed by atoms with Crippen molar-refractivity contribution in [3.8, 4) is 17.2 Å². The number of aryl methyl sites for hydroxylation is 2. The van der Waals surface area contributed by atoms with Crippen molar-refractivity contribution >= 4 is 11.0 Å². The average Bonchev–Trinajstić information content (AvgIpc) is 2.69. The second kappa shape index (κ2) is 7.61. The first-order chi connectivity index (χ1) is 13.6. The highest BCUT2D eigenvalue weighted by Gasteiger charge is 2.10. The zero-order valence-corrected chi connectivity index (χ0v) is 15.8. The SMILES string of the molecule is Cc1cccc(COc2ccc3c(=O)c(Oc4cccc(C)c4)coc3c2)c1. The highest BCUT2D eigenvalue weighted by atomic mass is 16.5. The van der Waals surface area contributed by atoms with Crippen molar-refractivity contribution in [1.29, 1.82) is 0 Å². The van der Waals surface area contributed by atoms with Crippen LogP contribution in [0.1, 0.15) is 16.7 Å². The number of hydrogen-bond donors (Lipinski definition) is 0. The van der Waals surface area contributed by atoms with Gasteiger partial charge < -0.3 is 13.9 Å². The Labute approximate surface area is 163 Å². The molecule has 0 aliphatic carbocycles. The predicted octanol–water partition coefficient (Wildman–Crippen LogP) is 5.78. The van der Waals surface area contributed by atoms with Crippen molar-refractivity contribution in [2.75, 3.05) is 0 Å². The highest BCUT2D eigenvalue weighted by Crippen LogP contribution is 2.25. The number of fused-ring (bicyclic) bond motifs is 1. The van der Waals surface area contributed by atoms with E-state index < -0.39 is 0 Å². The van der Waals surface area contributed by atoms with Gasteiger partial charge in [0, 0.05) is 6.07 Å². The van der Waals surface area contributed by atoms with Gasteiger partial charge in [-0.3, -0.25) is 4.79 Å². The van der Waals surface area contributed by atoms with Gasteiger partial charge in [0.05, 0.1) is 5.39 Å². The first kappa shape index (κ1) is 17.9. The fourth-order valence-electron chi connectivity index (χ4n) is 3.03. The van der Waals surface area contributed by atoms with Gasteiger partial charge in [0.25, 0.3) is 0 Å². The van der Waals surface area contributed by atoms with Gasteiger partial charge in [-0.05, 0) is 49.2 Å². The maximum atomic E-state index is 12.7. The summed E-state index contributed by atoms with van der Waals surface area (Å²) in [7, 11) is 0. The average molecular weight is 372 g/mol. The molecule has 0 bridgehead atoms. The van der Waals surface area contributed by atoms with E-state index in [0.29, 0.717) is 29.1 Å². The van der Waals surface area contributed by atoms with Crippen LogP contribution in [0.4, 0.5) is 0 Å². The van der Waals surface area contributed by atoms with Crippen molar-refractivity contribution in [2.45, 2.75) is 20.5 Å². The van der Waals surface area contributed by atoms with Crippen molar-refractivity contribution in [3.05, 3.63) is 99.9 Å². The van der Waals surface area contributed by atoms with Crippen LogP contribution in [0.3, 0.4) is 0 Å². The molecule has 0 radical (unpaired) electrons. The minimum Gasteiger partial charge on any atom is -0.489 e. The van der Waals surface area contributed by atoms with Gasteiger partial charge in [-0.2, -0.15) is 0 Å². The summed E-state index contributed by atoms with van der Waals surface area (Å²) in [6, 6.07) is 20.9. The zero-order valence-electron chi connectivity index (χ0n) is 15.8. The highest BCUT2D eigenvalue weighted by molar-refractivity contribution is 5.79. The van der Waals surface area contributed by atoms with Crippen molar-refractivity contribution in [2.24, 2.45) is 0 Å². The Balaban J connectivity index is 1.56. The number of benzene rings is 3. The summed E-state index contributed by atoms with van der Waals surface area (Å²) in [5.74, 6) is 1.40. The maximum Gasteiger partial charge on any atom is 0.235 e. The van der Waals surface area contributed by atoms with E-state index in [1.165, 1.54) is 11.8 Å². The molecule has 1 heterocycles. The van der Waals surface area contributed by atoms with Gasteiger partial charge in [0.1, 0.15) is 30.0 Å². The summed E-state index contributed by atoms with van der Waals surface area (Å²) < 4.78 is 17.2. The Morgan fingerprint density at radius 2 is 1.64 bits per heavy atom. The minimum absolute atomic E-state index is 0.159. The summed E-state index contributed by atoms with van der Waals surface area (Å²) in [4.78, 5) is 12.7. The second-order valence-corrected chi connectivity index (χ2v) is 6.78. The molecule has 3 aromatic carbocycles. The first-order valence-electron chi connectivity index (χ1n) is 9.07. The Kier molecular flexibility index (Phi) is 4.85. The third-order valence-corrected chi connectivity index (χ3v) is 4.42. The molecule has 0 saturated heterocycles. The molecule has 0 spiro atoms. The van der Waals surface area contributed by atoms with E-state index in [1.807, 2.05) is 50.2 Å². The number of ether oxygens (including phenoxy) is 2. The molecular weight excluding hydrogens is 352 g/mol. The zero-order chi connectivity index (χ0) is 19.5. The first-order valence-corrected chi connectivity index (χ1v) is 9.07. The molecule has 4 aromatic rings. The Hall–Kier alpha value is -3.53. The standard InChI is InChI=1S/C24H20O4/c1-16-5-3-7-18(11-16)14-26-19-9-10-21-22(13-19)27-15-23(24(21)25)28-20-8-4-6-17(2)12-20/h3-13,15H,14H2,1-2H3. The molecule has 0 fully saturated rings. The topological polar surface area (TPSA) is 48.7 Å². The van der Waals surface area contributed by atoms with Gasteiger partial charge >= 0.3 is 0 Å². The molecule has 0 N–H and O–H groups in total. The molecule has 140 valence electrons. The second-order valence-electron chi connectivity index (χ2n) is 6.78. The molecule has 4 nitrogen and oxygen atoms in total. The predicted molar refractivity (Wildman–Crippen MR) is 109 cm³/mol. The maximum absolute atomic E-state index is 12.7. The summed E-state index contributed by atoms with van der Waals surface area (Å²) in [6.45, 7) is 4.46. The summed E-state index contributed by atoms with van der Waals surface area (Å²) in [5.41, 5.74) is 3.57. The van der Waals surface area contributed by atoms with Crippen molar-refractivity contribution in [3.63, 3.8) is 0 Å². The molecule has 0 amide bonds. The Morgan fingerprint density at radius 1 is 0.857 bits per heavy atom. The fraction of sp³-hybridized carbons (Fsp3) is 0.125. The van der Waals surface area contributed by atoms with E-state index in [9.17, 15) is 4.79 Å². The smallest absolute Gasteiger partial charge is 0.235 e. The van der Waals surface area contributed by atoms with Crippen LogP contribution < -0.4 is 14.9 Å².